The first-order valence-corrected chi connectivity index (χ1v) is 11.9. The van der Waals surface area contributed by atoms with Crippen LogP contribution in [0.2, 0.25) is 0 Å². The largest absolute Gasteiger partial charge is 0.394 e. The van der Waals surface area contributed by atoms with Crippen molar-refractivity contribution in [3.63, 3.8) is 0 Å². The summed E-state index contributed by atoms with van der Waals surface area (Å²) in [6.45, 7) is 8.60. The Kier molecular flexibility index (Phi) is 13.5. The lowest BCUT2D eigenvalue weighted by molar-refractivity contribution is 0.103. The summed E-state index contributed by atoms with van der Waals surface area (Å²) in [6.07, 6.45) is -0.724. The van der Waals surface area contributed by atoms with E-state index >= 15 is 0 Å². The van der Waals surface area contributed by atoms with Crippen LogP contribution in [0, 0.1) is 0 Å². The van der Waals surface area contributed by atoms with E-state index in [1.807, 2.05) is 0 Å². The number of hydrogen-bond donors (Lipinski definition) is 2. The number of rotatable bonds is 13. The maximum Gasteiger partial charge on any atom is 0.333 e. The highest BCUT2D eigenvalue weighted by Gasteiger charge is 2.35. The van der Waals surface area contributed by atoms with Crippen LogP contribution in [-0.4, -0.2) is 74.4 Å². The third-order valence-electron chi connectivity index (χ3n) is 2.78. The number of aliphatic hydroxyl groups excluding tert-OH is 2. The van der Waals surface area contributed by atoms with Crippen molar-refractivity contribution < 1.29 is 42.2 Å². The zero-order valence-corrected chi connectivity index (χ0v) is 17.2. The minimum atomic E-state index is -3.20. The van der Waals surface area contributed by atoms with Gasteiger partial charge in [-0.2, -0.15) is 0 Å². The molecule has 11 heteroatoms. The molecule has 0 bridgehead atoms. The molecule has 0 aromatic carbocycles. The van der Waals surface area contributed by atoms with Gasteiger partial charge in [-0.1, -0.05) is 0 Å². The zero-order chi connectivity index (χ0) is 19.3. The molecule has 1 fully saturated rings. The first-order valence-electron chi connectivity index (χ1n) is 8.44. The SMILES string of the molecule is CCOP(=O)(CC(O)CO)OCC.CCOP(=O)(CC1CO1)OCC. The molecule has 0 spiro atoms. The Morgan fingerprint density at radius 2 is 1.36 bits per heavy atom. The third-order valence-corrected chi connectivity index (χ3v) is 7.11. The van der Waals surface area contributed by atoms with Crippen molar-refractivity contribution in [3.8, 4) is 0 Å². The van der Waals surface area contributed by atoms with E-state index in [4.69, 9.17) is 33.0 Å². The van der Waals surface area contributed by atoms with E-state index in [2.05, 4.69) is 0 Å². The van der Waals surface area contributed by atoms with E-state index in [-0.39, 0.29) is 25.5 Å². The molecule has 1 aliphatic heterocycles. The molecule has 152 valence electrons. The van der Waals surface area contributed by atoms with Gasteiger partial charge in [-0.05, 0) is 27.7 Å². The Balaban J connectivity index is 0.000000462. The predicted molar refractivity (Wildman–Crippen MR) is 94.3 cm³/mol. The van der Waals surface area contributed by atoms with E-state index in [1.165, 1.54) is 0 Å². The first kappa shape index (κ1) is 25.2. The highest BCUT2D eigenvalue weighted by Crippen LogP contribution is 2.50. The Labute approximate surface area is 150 Å². The molecule has 1 heterocycles. The smallest absolute Gasteiger partial charge is 0.333 e. The van der Waals surface area contributed by atoms with Crippen molar-refractivity contribution in [1.82, 2.24) is 0 Å². The molecule has 2 unspecified atom stereocenters. The van der Waals surface area contributed by atoms with Crippen molar-refractivity contribution >= 4 is 15.2 Å². The minimum absolute atomic E-state index is 0.0916. The molecule has 0 saturated carbocycles. The maximum absolute atomic E-state index is 11.7. The number of epoxide rings is 1. The summed E-state index contributed by atoms with van der Waals surface area (Å²) in [5.74, 6) is 0. The Morgan fingerprint density at radius 3 is 1.68 bits per heavy atom. The van der Waals surface area contributed by atoms with Crippen LogP contribution in [0.4, 0.5) is 0 Å². The summed E-state index contributed by atoms with van der Waals surface area (Å²) in [4.78, 5) is 0. The number of hydrogen-bond acceptors (Lipinski definition) is 9. The molecule has 25 heavy (non-hydrogen) atoms. The van der Waals surface area contributed by atoms with Crippen LogP contribution >= 0.6 is 15.2 Å². The fraction of sp³-hybridized carbons (Fsp3) is 1.00. The summed E-state index contributed by atoms with van der Waals surface area (Å²) in [5.41, 5.74) is 0. The van der Waals surface area contributed by atoms with Crippen LogP contribution in [0.5, 0.6) is 0 Å². The van der Waals surface area contributed by atoms with E-state index < -0.39 is 27.9 Å². The zero-order valence-electron chi connectivity index (χ0n) is 15.5. The highest BCUT2D eigenvalue weighted by atomic mass is 31.2. The Hall–Kier alpha value is 0.180. The average Bonchev–Trinajstić information content (AvgIpc) is 3.32. The molecule has 0 aliphatic carbocycles. The van der Waals surface area contributed by atoms with Gasteiger partial charge in [0.15, 0.2) is 0 Å². The van der Waals surface area contributed by atoms with Gasteiger partial charge < -0.3 is 33.0 Å². The quantitative estimate of drug-likeness (QED) is 0.350. The molecule has 2 N–H and O–H groups in total. The average molecular weight is 406 g/mol. The molecule has 0 aromatic rings. The minimum Gasteiger partial charge on any atom is -0.394 e. The molecule has 0 radical (unpaired) electrons. The fourth-order valence-electron chi connectivity index (χ4n) is 1.81. The monoisotopic (exact) mass is 406 g/mol. The molecular formula is C14H32O9P2. The van der Waals surface area contributed by atoms with Gasteiger partial charge in [-0.25, -0.2) is 0 Å². The van der Waals surface area contributed by atoms with Crippen LogP contribution in [0.1, 0.15) is 27.7 Å². The van der Waals surface area contributed by atoms with E-state index in [0.29, 0.717) is 26.0 Å². The van der Waals surface area contributed by atoms with Crippen LogP contribution < -0.4 is 0 Å². The molecule has 1 rings (SSSR count). The van der Waals surface area contributed by atoms with Gasteiger partial charge in [0.05, 0.1) is 64.2 Å². The highest BCUT2D eigenvalue weighted by molar-refractivity contribution is 7.54. The third kappa shape index (κ3) is 12.2. The van der Waals surface area contributed by atoms with Gasteiger partial charge >= 0.3 is 15.2 Å². The number of aliphatic hydroxyl groups is 2. The predicted octanol–water partition coefficient (Wildman–Crippen LogP) is 2.26. The van der Waals surface area contributed by atoms with Gasteiger partial charge in [-0.15, -0.1) is 0 Å². The Morgan fingerprint density at radius 1 is 0.960 bits per heavy atom. The normalized spacial score (nSPS) is 18.4. The van der Waals surface area contributed by atoms with Crippen molar-refractivity contribution in [2.45, 2.75) is 39.9 Å². The summed E-state index contributed by atoms with van der Waals surface area (Å²) in [7, 11) is -6.04. The second-order valence-electron chi connectivity index (χ2n) is 5.05. The van der Waals surface area contributed by atoms with Crippen molar-refractivity contribution in [2.75, 3.05) is 52.0 Å². The van der Waals surface area contributed by atoms with Crippen molar-refractivity contribution in [2.24, 2.45) is 0 Å². The molecule has 0 aromatic heterocycles. The molecule has 0 amide bonds. The summed E-state index contributed by atoms with van der Waals surface area (Å²) >= 11 is 0. The van der Waals surface area contributed by atoms with Crippen LogP contribution in [0.25, 0.3) is 0 Å². The van der Waals surface area contributed by atoms with Gasteiger partial charge in [0.25, 0.3) is 0 Å². The van der Waals surface area contributed by atoms with E-state index in [0.717, 1.165) is 0 Å². The molecule has 1 saturated heterocycles. The Bertz CT molecular complexity index is 409. The lowest BCUT2D eigenvalue weighted by Gasteiger charge is -2.18. The second kappa shape index (κ2) is 13.4. The van der Waals surface area contributed by atoms with E-state index in [1.54, 1.807) is 27.7 Å². The lowest BCUT2D eigenvalue weighted by atomic mass is 10.4. The van der Waals surface area contributed by atoms with Gasteiger partial charge in [-0.3, -0.25) is 9.13 Å². The van der Waals surface area contributed by atoms with E-state index in [9.17, 15) is 9.13 Å². The van der Waals surface area contributed by atoms with Gasteiger partial charge in [0.1, 0.15) is 0 Å². The number of ether oxygens (including phenoxy) is 1. The first-order chi connectivity index (χ1) is 11.8. The van der Waals surface area contributed by atoms with Crippen LogP contribution in [0.3, 0.4) is 0 Å². The summed E-state index contributed by atoms with van der Waals surface area (Å²) < 4.78 is 48.3. The molecule has 2 atom stereocenters. The topological polar surface area (TPSA) is 124 Å². The summed E-state index contributed by atoms with van der Waals surface area (Å²) in [5, 5.41) is 17.6. The van der Waals surface area contributed by atoms with Crippen LogP contribution in [-0.2, 0) is 32.0 Å². The lowest BCUT2D eigenvalue weighted by Crippen LogP contribution is -2.19. The molecular weight excluding hydrogens is 374 g/mol. The van der Waals surface area contributed by atoms with Gasteiger partial charge in [0, 0.05) is 0 Å². The van der Waals surface area contributed by atoms with Gasteiger partial charge in [0.2, 0.25) is 0 Å². The fourth-order valence-corrected chi connectivity index (χ4v) is 5.30. The second-order valence-corrected chi connectivity index (χ2v) is 9.26. The standard InChI is InChI=1S/C7H17O5P.C7H15O4P/c1-3-11-13(10,12-4-2)6-7(9)5-8;1-3-10-12(8,11-4-2)6-7-5-9-7/h7-9H,3-6H2,1-2H3;7H,3-6H2,1-2H3. The molecule has 1 aliphatic rings. The van der Waals surface area contributed by atoms with Crippen molar-refractivity contribution in [1.29, 1.82) is 0 Å². The maximum atomic E-state index is 11.7. The molecule has 9 nitrogen and oxygen atoms in total. The van der Waals surface area contributed by atoms with Crippen LogP contribution in [0.15, 0.2) is 0 Å². The summed E-state index contributed by atoms with van der Waals surface area (Å²) in [6, 6.07) is 0. The van der Waals surface area contributed by atoms with Crippen molar-refractivity contribution in [3.05, 3.63) is 0 Å².